The fourth-order valence-corrected chi connectivity index (χ4v) is 5.64. The smallest absolute Gasteiger partial charge is 0.323 e. The van der Waals surface area contributed by atoms with Crippen LogP contribution in [0, 0.1) is 11.3 Å². The van der Waals surface area contributed by atoms with E-state index in [1.807, 2.05) is 27.7 Å². The van der Waals surface area contributed by atoms with E-state index in [1.165, 1.54) is 7.11 Å². The summed E-state index contributed by atoms with van der Waals surface area (Å²) in [5.41, 5.74) is -0.553. The third-order valence-corrected chi connectivity index (χ3v) is 6.83. The molecule has 0 saturated carbocycles. The highest BCUT2D eigenvalue weighted by molar-refractivity contribution is 7.57. The molecule has 0 spiro atoms. The van der Waals surface area contributed by atoms with Crippen molar-refractivity contribution in [1.82, 2.24) is 10.4 Å². The summed E-state index contributed by atoms with van der Waals surface area (Å²) in [6.45, 7) is 9.64. The van der Waals surface area contributed by atoms with E-state index in [0.29, 0.717) is 12.8 Å². The molecule has 0 aromatic heterocycles. The van der Waals surface area contributed by atoms with E-state index >= 15 is 0 Å². The average Bonchev–Trinajstić information content (AvgIpc) is 2.63. The Bertz CT molecular complexity index is 636. The molecule has 10 heteroatoms. The standard InChI is InChI=1S/C19H35N2O7P/c1-7-27-18(24)14(12-13(2)3)21-29(25)11-9-19(4,5)16(28-29)17(23)20-10-8-15(22)26-6/h13-14,16H,7-12H2,1-6H3,(H,20,23)(H,21,25)/t14-,16-,29?/m0/s1. The Morgan fingerprint density at radius 2 is 1.93 bits per heavy atom. The molecule has 1 saturated heterocycles. The molecule has 1 fully saturated rings. The summed E-state index contributed by atoms with van der Waals surface area (Å²) in [6, 6.07) is -0.773. The monoisotopic (exact) mass is 434 g/mol. The summed E-state index contributed by atoms with van der Waals surface area (Å²) in [6.07, 6.45) is 0.175. The lowest BCUT2D eigenvalue weighted by molar-refractivity contribution is -0.145. The molecular weight excluding hydrogens is 399 g/mol. The first kappa shape index (κ1) is 25.6. The van der Waals surface area contributed by atoms with Gasteiger partial charge in [-0.05, 0) is 25.7 Å². The van der Waals surface area contributed by atoms with Gasteiger partial charge >= 0.3 is 11.9 Å². The third-order valence-electron chi connectivity index (χ3n) is 4.76. The zero-order valence-corrected chi connectivity index (χ0v) is 19.2. The van der Waals surface area contributed by atoms with Crippen molar-refractivity contribution in [3.63, 3.8) is 0 Å². The van der Waals surface area contributed by atoms with Crippen LogP contribution in [-0.2, 0) is 32.9 Å². The van der Waals surface area contributed by atoms with Gasteiger partial charge in [0.25, 0.3) is 7.52 Å². The number of ether oxygens (including phenoxy) is 2. The van der Waals surface area contributed by atoms with Gasteiger partial charge in [-0.1, -0.05) is 27.7 Å². The highest BCUT2D eigenvalue weighted by Gasteiger charge is 2.47. The van der Waals surface area contributed by atoms with Crippen LogP contribution in [0.2, 0.25) is 0 Å². The summed E-state index contributed by atoms with van der Waals surface area (Å²) in [7, 11) is -2.18. The van der Waals surface area contributed by atoms with Crippen LogP contribution in [0.4, 0.5) is 0 Å². The van der Waals surface area contributed by atoms with Crippen molar-refractivity contribution in [2.75, 3.05) is 26.4 Å². The second kappa shape index (κ2) is 11.1. The summed E-state index contributed by atoms with van der Waals surface area (Å²) in [5, 5.41) is 5.49. The van der Waals surface area contributed by atoms with Gasteiger partial charge in [-0.25, -0.2) is 5.09 Å². The molecule has 0 radical (unpaired) electrons. The lowest BCUT2D eigenvalue weighted by Gasteiger charge is -2.41. The third kappa shape index (κ3) is 8.07. The highest BCUT2D eigenvalue weighted by atomic mass is 31.2. The molecule has 0 aromatic rings. The van der Waals surface area contributed by atoms with Crippen molar-refractivity contribution in [3.8, 4) is 0 Å². The van der Waals surface area contributed by atoms with Gasteiger partial charge in [0, 0.05) is 18.1 Å². The Morgan fingerprint density at radius 3 is 2.48 bits per heavy atom. The largest absolute Gasteiger partial charge is 0.469 e. The maximum atomic E-state index is 13.4. The van der Waals surface area contributed by atoms with Crippen molar-refractivity contribution in [2.45, 2.75) is 66.0 Å². The van der Waals surface area contributed by atoms with Gasteiger partial charge in [-0.2, -0.15) is 0 Å². The molecule has 2 N–H and O–H groups in total. The Kier molecular flexibility index (Phi) is 9.79. The zero-order valence-electron chi connectivity index (χ0n) is 18.3. The Labute approximate surface area is 173 Å². The van der Waals surface area contributed by atoms with E-state index in [0.717, 1.165) is 0 Å². The van der Waals surface area contributed by atoms with Gasteiger partial charge in [-0.3, -0.25) is 18.9 Å². The van der Waals surface area contributed by atoms with Gasteiger partial charge in [0.1, 0.15) is 12.1 Å². The minimum Gasteiger partial charge on any atom is -0.469 e. The minimum absolute atomic E-state index is 0.0324. The topological polar surface area (TPSA) is 120 Å². The first-order valence-corrected chi connectivity index (χ1v) is 11.8. The maximum Gasteiger partial charge on any atom is 0.323 e. The predicted octanol–water partition coefficient (Wildman–Crippen LogP) is 2.24. The molecule has 1 unspecified atom stereocenters. The van der Waals surface area contributed by atoms with Crippen molar-refractivity contribution < 1.29 is 32.9 Å². The second-order valence-electron chi connectivity index (χ2n) is 8.30. The summed E-state index contributed by atoms with van der Waals surface area (Å²) in [5.74, 6) is -1.20. The predicted molar refractivity (Wildman–Crippen MR) is 108 cm³/mol. The molecule has 1 heterocycles. The van der Waals surface area contributed by atoms with E-state index < -0.39 is 42.9 Å². The number of amides is 1. The fraction of sp³-hybridized carbons (Fsp3) is 0.842. The number of methoxy groups -OCH3 is 1. The molecular formula is C19H35N2O7P. The van der Waals surface area contributed by atoms with Gasteiger partial charge in [0.05, 0.1) is 20.1 Å². The quantitative estimate of drug-likeness (QED) is 0.397. The maximum absolute atomic E-state index is 13.4. The summed E-state index contributed by atoms with van der Waals surface area (Å²) >= 11 is 0. The van der Waals surface area contributed by atoms with Crippen molar-refractivity contribution in [1.29, 1.82) is 0 Å². The van der Waals surface area contributed by atoms with E-state index in [4.69, 9.17) is 9.26 Å². The molecule has 29 heavy (non-hydrogen) atoms. The van der Waals surface area contributed by atoms with Crippen LogP contribution in [0.25, 0.3) is 0 Å². The summed E-state index contributed by atoms with van der Waals surface area (Å²) < 4.78 is 28.8. The normalized spacial score (nSPS) is 24.6. The number of nitrogens with one attached hydrogen (secondary N) is 2. The molecule has 0 bridgehead atoms. The lowest BCUT2D eigenvalue weighted by Crippen LogP contribution is -2.50. The molecule has 0 aliphatic carbocycles. The zero-order chi connectivity index (χ0) is 22.2. The van der Waals surface area contributed by atoms with E-state index in [9.17, 15) is 18.9 Å². The molecule has 1 aliphatic heterocycles. The number of carbonyl (C=O) groups excluding carboxylic acids is 3. The second-order valence-corrected chi connectivity index (χ2v) is 10.6. The first-order valence-electron chi connectivity index (χ1n) is 10.0. The number of rotatable bonds is 10. The number of hydrogen-bond acceptors (Lipinski definition) is 7. The average molecular weight is 434 g/mol. The number of hydrogen-bond donors (Lipinski definition) is 2. The number of esters is 2. The Hall–Kier alpha value is -1.44. The minimum atomic E-state index is -3.45. The highest BCUT2D eigenvalue weighted by Crippen LogP contribution is 2.54. The van der Waals surface area contributed by atoms with Crippen LogP contribution in [0.15, 0.2) is 0 Å². The molecule has 1 rings (SSSR count). The first-order chi connectivity index (χ1) is 13.4. The Balaban J connectivity index is 2.88. The van der Waals surface area contributed by atoms with Gasteiger partial charge < -0.3 is 19.3 Å². The molecule has 0 aromatic carbocycles. The van der Waals surface area contributed by atoms with Crippen molar-refractivity contribution in [3.05, 3.63) is 0 Å². The van der Waals surface area contributed by atoms with Crippen LogP contribution in [0.1, 0.15) is 53.9 Å². The summed E-state index contributed by atoms with van der Waals surface area (Å²) in [4.78, 5) is 36.2. The van der Waals surface area contributed by atoms with E-state index in [-0.39, 0.29) is 31.7 Å². The SMILES string of the molecule is CCOC(=O)[C@H](CC(C)C)NP1(=O)CCC(C)(C)[C@H](C(=O)NCCC(=O)OC)O1. The number of carbonyl (C=O) groups is 3. The van der Waals surface area contributed by atoms with Crippen LogP contribution >= 0.6 is 7.52 Å². The van der Waals surface area contributed by atoms with Crippen LogP contribution in [-0.4, -0.2) is 56.4 Å². The van der Waals surface area contributed by atoms with Gasteiger partial charge in [-0.15, -0.1) is 0 Å². The van der Waals surface area contributed by atoms with E-state index in [1.54, 1.807) is 6.92 Å². The van der Waals surface area contributed by atoms with Gasteiger partial charge in [0.2, 0.25) is 5.91 Å². The van der Waals surface area contributed by atoms with Crippen molar-refractivity contribution in [2.24, 2.45) is 11.3 Å². The Morgan fingerprint density at radius 1 is 1.28 bits per heavy atom. The molecule has 1 amide bonds. The lowest BCUT2D eigenvalue weighted by atomic mass is 9.83. The van der Waals surface area contributed by atoms with Crippen LogP contribution in [0.5, 0.6) is 0 Å². The van der Waals surface area contributed by atoms with Crippen LogP contribution < -0.4 is 10.4 Å². The van der Waals surface area contributed by atoms with E-state index in [2.05, 4.69) is 15.1 Å². The molecule has 168 valence electrons. The molecule has 1 aliphatic rings. The molecule has 9 nitrogen and oxygen atoms in total. The van der Waals surface area contributed by atoms with Gasteiger partial charge in [0.15, 0.2) is 0 Å². The molecule has 3 atom stereocenters. The van der Waals surface area contributed by atoms with Crippen LogP contribution in [0.3, 0.4) is 0 Å². The fourth-order valence-electron chi connectivity index (χ4n) is 3.07. The van der Waals surface area contributed by atoms with Crippen molar-refractivity contribution >= 4 is 25.4 Å².